The van der Waals surface area contributed by atoms with Crippen LogP contribution in [0.5, 0.6) is 0 Å². The largest absolute Gasteiger partial charge is 0.323 e. The molecule has 1 heterocycles. The van der Waals surface area contributed by atoms with Gasteiger partial charge < -0.3 is 4.57 Å². The lowest BCUT2D eigenvalue weighted by Gasteiger charge is -2.11. The molecule has 6 nitrogen and oxygen atoms in total. The van der Waals surface area contributed by atoms with Crippen molar-refractivity contribution < 1.29 is 13.2 Å². The quantitative estimate of drug-likeness (QED) is 0.183. The molecule has 0 radical (unpaired) electrons. The summed E-state index contributed by atoms with van der Waals surface area (Å²) < 4.78 is 25.8. The van der Waals surface area contributed by atoms with Crippen molar-refractivity contribution in [3.63, 3.8) is 0 Å². The molecule has 0 saturated carbocycles. The summed E-state index contributed by atoms with van der Waals surface area (Å²) in [5.74, 6) is 5.96. The first-order valence-corrected chi connectivity index (χ1v) is 13.3. The Labute approximate surface area is 229 Å². The van der Waals surface area contributed by atoms with Gasteiger partial charge in [-0.2, -0.15) is 8.42 Å². The molecule has 3 rings (SSSR count). The van der Waals surface area contributed by atoms with E-state index in [0.29, 0.717) is 29.5 Å². The fourth-order valence-electron chi connectivity index (χ4n) is 3.13. The number of nitrogens with zero attached hydrogens (tertiary/aromatic N) is 3. The molecule has 0 fully saturated rings. The zero-order valence-electron chi connectivity index (χ0n) is 20.6. The molecule has 0 spiro atoms. The van der Waals surface area contributed by atoms with Crippen LogP contribution >= 0.6 is 23.2 Å². The van der Waals surface area contributed by atoms with E-state index in [-0.39, 0.29) is 5.15 Å². The molecule has 0 saturated heterocycles. The van der Waals surface area contributed by atoms with E-state index in [9.17, 15) is 13.2 Å². The number of carbonyl (C=O) groups excluding carboxylic acids is 1. The molecule has 0 unspecified atom stereocenters. The summed E-state index contributed by atoms with van der Waals surface area (Å²) in [6.07, 6.45) is 7.32. The third kappa shape index (κ3) is 9.85. The van der Waals surface area contributed by atoms with Crippen LogP contribution in [0.3, 0.4) is 0 Å². The van der Waals surface area contributed by atoms with Gasteiger partial charge in [0, 0.05) is 28.6 Å². The topological polar surface area (TPSA) is 81.4 Å². The Morgan fingerprint density at radius 2 is 1.81 bits per heavy atom. The maximum Gasteiger partial charge on any atom is 0.319 e. The number of allylic oxidation sites excluding steroid dienone is 1. The molecule has 37 heavy (non-hydrogen) atoms. The molecule has 1 amide bonds. The number of aryl methyl sites for hydroxylation is 1. The summed E-state index contributed by atoms with van der Waals surface area (Å²) in [5.41, 5.74) is 2.95. The highest BCUT2D eigenvalue weighted by molar-refractivity contribution is 7.62. The van der Waals surface area contributed by atoms with Gasteiger partial charge in [0.15, 0.2) is 5.15 Å². The monoisotopic (exact) mass is 555 g/mol. The van der Waals surface area contributed by atoms with Crippen molar-refractivity contribution in [2.45, 2.75) is 39.7 Å². The summed E-state index contributed by atoms with van der Waals surface area (Å²) in [4.78, 5) is 15.9. The number of halogens is 2. The lowest BCUT2D eigenvalue weighted by molar-refractivity contribution is -0.113. The number of hydrogen-bond acceptors (Lipinski definition) is 4. The molecule has 0 aliphatic heterocycles. The van der Waals surface area contributed by atoms with Crippen molar-refractivity contribution >= 4 is 45.7 Å². The van der Waals surface area contributed by atoms with Gasteiger partial charge >= 0.3 is 10.5 Å². The predicted octanol–water partition coefficient (Wildman–Crippen LogP) is 6.78. The Balaban J connectivity index is 0.000000877. The van der Waals surface area contributed by atoms with E-state index >= 15 is 0 Å². The highest BCUT2D eigenvalue weighted by Gasteiger charge is 2.15. The number of aromatic nitrogens is 2. The van der Waals surface area contributed by atoms with Gasteiger partial charge in [-0.3, -0.25) is 4.79 Å². The Morgan fingerprint density at radius 3 is 2.38 bits per heavy atom. The fourth-order valence-corrected chi connectivity index (χ4v) is 3.84. The number of rotatable bonds is 7. The molecule has 0 atom stereocenters. The predicted molar refractivity (Wildman–Crippen MR) is 150 cm³/mol. The van der Waals surface area contributed by atoms with E-state index in [4.69, 9.17) is 23.2 Å². The van der Waals surface area contributed by atoms with Crippen molar-refractivity contribution in [3.05, 3.63) is 106 Å². The molecular weight excluding hydrogens is 529 g/mol. The van der Waals surface area contributed by atoms with Gasteiger partial charge in [0.2, 0.25) is 0 Å². The van der Waals surface area contributed by atoms with Crippen LogP contribution in [-0.4, -0.2) is 23.9 Å². The molecule has 192 valence electrons. The van der Waals surface area contributed by atoms with Gasteiger partial charge in [0.25, 0.3) is 5.91 Å². The van der Waals surface area contributed by atoms with Gasteiger partial charge in [-0.15, -0.1) is 6.58 Å². The zero-order chi connectivity index (χ0) is 27.2. The van der Waals surface area contributed by atoms with Crippen molar-refractivity contribution in [3.8, 4) is 11.8 Å². The number of benzene rings is 2. The van der Waals surface area contributed by atoms with Gasteiger partial charge in [-0.05, 0) is 42.3 Å². The average Bonchev–Trinajstić information content (AvgIpc) is 3.18. The van der Waals surface area contributed by atoms with Gasteiger partial charge in [-0.1, -0.05) is 90.0 Å². The van der Waals surface area contributed by atoms with Crippen LogP contribution in [0.15, 0.2) is 71.6 Å². The van der Waals surface area contributed by atoms with Crippen LogP contribution in [-0.2, 0) is 28.3 Å². The Morgan fingerprint density at radius 1 is 1.11 bits per heavy atom. The minimum absolute atomic E-state index is 0.190. The molecule has 3 aromatic rings. The number of carbonyl (C=O) groups is 1. The van der Waals surface area contributed by atoms with Crippen molar-refractivity contribution in [2.24, 2.45) is 4.36 Å². The fraction of sp³-hybridized carbons (Fsp3) is 0.214. The summed E-state index contributed by atoms with van der Waals surface area (Å²) in [6.45, 7) is 7.97. The first-order valence-electron chi connectivity index (χ1n) is 11.5. The highest BCUT2D eigenvalue weighted by Crippen LogP contribution is 2.25. The average molecular weight is 557 g/mol. The first-order chi connectivity index (χ1) is 17.8. The standard InChI is InChI=1S/C23H17Cl2N3O3S.C5H10/c1-2-21-26-23(25)20(12-13-22(29)27-32(30)31)28(21)15-18-11-10-17(14-19(18)24)9-8-16-6-4-3-5-7-16;1-3-5-4-2/h3-7,10-14H,2,15H2,1H3;3H,1,4-5H2,2H3. The molecule has 0 aliphatic carbocycles. The second-order valence-electron chi connectivity index (χ2n) is 7.62. The molecule has 9 heteroatoms. The minimum atomic E-state index is -2.82. The summed E-state index contributed by atoms with van der Waals surface area (Å²) in [6, 6.07) is 15.2. The van der Waals surface area contributed by atoms with Gasteiger partial charge in [0.1, 0.15) is 5.82 Å². The molecule has 0 N–H and O–H groups in total. The second kappa shape index (κ2) is 15.6. The summed E-state index contributed by atoms with van der Waals surface area (Å²) >= 11 is 12.8. The molecule has 0 bridgehead atoms. The normalized spacial score (nSPS) is 10.2. The number of hydrogen-bond donors (Lipinski definition) is 0. The van der Waals surface area contributed by atoms with Crippen LogP contribution in [0.4, 0.5) is 0 Å². The molecule has 2 aromatic carbocycles. The smallest absolute Gasteiger partial charge is 0.319 e. The van der Waals surface area contributed by atoms with Crippen LogP contribution in [0.25, 0.3) is 6.08 Å². The Hall–Kier alpha value is -3.44. The van der Waals surface area contributed by atoms with Crippen molar-refractivity contribution in [1.82, 2.24) is 9.55 Å². The van der Waals surface area contributed by atoms with E-state index in [1.54, 1.807) is 6.07 Å². The number of unbranched alkanes of at least 4 members (excludes halogenated alkanes) is 1. The third-order valence-corrected chi connectivity index (χ3v) is 5.86. The van der Waals surface area contributed by atoms with E-state index in [0.717, 1.165) is 29.2 Å². The summed E-state index contributed by atoms with van der Waals surface area (Å²) in [7, 11) is -2.82. The zero-order valence-corrected chi connectivity index (χ0v) is 22.9. The molecule has 1 aromatic heterocycles. The second-order valence-corrected chi connectivity index (χ2v) is 9.01. The molecule has 0 aliphatic rings. The maximum absolute atomic E-state index is 11.6. The summed E-state index contributed by atoms with van der Waals surface area (Å²) in [5, 5.41) is 0.718. The van der Waals surface area contributed by atoms with E-state index in [1.807, 2.05) is 60.0 Å². The third-order valence-electron chi connectivity index (χ3n) is 4.90. The maximum atomic E-state index is 11.6. The van der Waals surface area contributed by atoms with Crippen LogP contribution < -0.4 is 0 Å². The molecular formula is C28H27Cl2N3O3S. The van der Waals surface area contributed by atoms with E-state index < -0.39 is 16.4 Å². The van der Waals surface area contributed by atoms with Crippen LogP contribution in [0.1, 0.15) is 54.9 Å². The SMILES string of the molecule is C=CCCC.CCc1nc(Cl)c(C=CC(=O)N=S(=O)=O)n1Cc1ccc(C#Cc2ccccc2)cc1Cl. The van der Waals surface area contributed by atoms with Gasteiger partial charge in [-0.25, -0.2) is 4.98 Å². The van der Waals surface area contributed by atoms with E-state index in [2.05, 4.69) is 34.7 Å². The van der Waals surface area contributed by atoms with Crippen LogP contribution in [0, 0.1) is 11.8 Å². The van der Waals surface area contributed by atoms with Crippen molar-refractivity contribution in [1.29, 1.82) is 0 Å². The van der Waals surface area contributed by atoms with E-state index in [1.165, 1.54) is 12.5 Å². The number of amides is 1. The van der Waals surface area contributed by atoms with Gasteiger partial charge in [0.05, 0.1) is 12.2 Å². The lowest BCUT2D eigenvalue weighted by Crippen LogP contribution is -2.07. The lowest BCUT2D eigenvalue weighted by atomic mass is 10.1. The Kier molecular flexibility index (Phi) is 12.6. The minimum Gasteiger partial charge on any atom is -0.323 e. The number of imidazole rings is 1. The van der Waals surface area contributed by atoms with Crippen molar-refractivity contribution in [2.75, 3.05) is 0 Å². The Bertz CT molecular complexity index is 1460. The van der Waals surface area contributed by atoms with Crippen LogP contribution in [0.2, 0.25) is 10.2 Å². The first kappa shape index (κ1) is 29.8. The highest BCUT2D eigenvalue weighted by atomic mass is 35.5.